The summed E-state index contributed by atoms with van der Waals surface area (Å²) >= 11 is 6.50. The van der Waals surface area contributed by atoms with Crippen molar-refractivity contribution in [1.82, 2.24) is 34.5 Å². The largest absolute Gasteiger partial charge is 0.480 e. The van der Waals surface area contributed by atoms with Crippen LogP contribution in [0.3, 0.4) is 0 Å². The molecular weight excluding hydrogens is 863 g/mol. The Balaban J connectivity index is 0.794. The van der Waals surface area contributed by atoms with Crippen molar-refractivity contribution in [1.29, 1.82) is 0 Å². The van der Waals surface area contributed by atoms with Crippen LogP contribution in [0.1, 0.15) is 68.0 Å². The summed E-state index contributed by atoms with van der Waals surface area (Å²) in [6.07, 6.45) is 3.74. The van der Waals surface area contributed by atoms with E-state index >= 15 is 22.0 Å². The Morgan fingerprint density at radius 2 is 1.78 bits per heavy atom. The number of hydrogen-bond donors (Lipinski definition) is 3. The summed E-state index contributed by atoms with van der Waals surface area (Å²) in [4.78, 5) is 50.4. The third-order valence-electron chi connectivity index (χ3n) is 13.7. The molecule has 3 N–H and O–H groups in total. The minimum Gasteiger partial charge on any atom is -0.480 e. The number of fused-ring (bicyclic) bond motifs is 4. The molecule has 64 heavy (non-hydrogen) atoms. The first-order valence-corrected chi connectivity index (χ1v) is 22.1. The van der Waals surface area contributed by atoms with E-state index in [1.165, 1.54) is 24.0 Å². The van der Waals surface area contributed by atoms with Gasteiger partial charge in [-0.1, -0.05) is 23.7 Å². The van der Waals surface area contributed by atoms with Crippen LogP contribution in [0, 0.1) is 23.5 Å². The van der Waals surface area contributed by atoms with Gasteiger partial charge in [0.25, 0.3) is 5.56 Å². The second-order valence-electron chi connectivity index (χ2n) is 17.9. The lowest BCUT2D eigenvalue weighted by atomic mass is 9.86. The zero-order valence-corrected chi connectivity index (χ0v) is 35.8. The second kappa shape index (κ2) is 16.2. The molecule has 1 unspecified atom stereocenters. The van der Waals surface area contributed by atoms with Gasteiger partial charge in [-0.05, 0) is 75.1 Å². The number of nitrogens with zero attached hydrogens (tertiary/aromatic N) is 7. The summed E-state index contributed by atoms with van der Waals surface area (Å²) in [5.41, 5.74) is 0.835. The third-order valence-corrected chi connectivity index (χ3v) is 14.0. The minimum absolute atomic E-state index is 0.0158. The minimum atomic E-state index is -3.25. The summed E-state index contributed by atoms with van der Waals surface area (Å²) in [6, 6.07) is 4.86. The molecule has 4 fully saturated rings. The van der Waals surface area contributed by atoms with Gasteiger partial charge in [0.1, 0.15) is 22.5 Å². The Labute approximate surface area is 368 Å². The number of nitrogens with one attached hydrogen (secondary N) is 3. The van der Waals surface area contributed by atoms with Gasteiger partial charge < -0.3 is 29.7 Å². The highest BCUT2D eigenvalue weighted by molar-refractivity contribution is 6.33. The fraction of sp³-hybridized carbons (Fsp3) is 0.500. The molecule has 1 aliphatic carbocycles. The Morgan fingerprint density at radius 3 is 2.52 bits per heavy atom. The van der Waals surface area contributed by atoms with Crippen molar-refractivity contribution in [2.45, 2.75) is 74.9 Å². The number of likely N-dealkylation sites (tertiary alicyclic amines) is 1. The monoisotopic (exact) mass is 908 g/mol. The molecule has 0 spiro atoms. The molecule has 2 aromatic carbocycles. The van der Waals surface area contributed by atoms with Crippen molar-refractivity contribution in [2.24, 2.45) is 25.9 Å². The zero-order chi connectivity index (χ0) is 44.8. The SMILES string of the molecule is Cn1nc(C2CCC(=O)NC2=O)c2ccc(C3CCN(C[C@H]4CCN(c5ncc(Cl)c(Nc6cc7c8c(c(=O)n(C)c7cc6F)OCC(F)(F)[C@H](C6CC6)N8)n5)C[C@H]4F)CC3)c(F)c21. The summed E-state index contributed by atoms with van der Waals surface area (Å²) < 4.78 is 86.3. The molecule has 20 heteroatoms. The molecule has 14 nitrogen and oxygen atoms in total. The normalized spacial score (nSPS) is 24.3. The van der Waals surface area contributed by atoms with Crippen LogP contribution >= 0.6 is 11.6 Å². The fourth-order valence-corrected chi connectivity index (χ4v) is 10.2. The first-order chi connectivity index (χ1) is 30.6. The first-order valence-electron chi connectivity index (χ1n) is 21.7. The van der Waals surface area contributed by atoms with E-state index in [1.807, 2.05) is 6.07 Å². The maximum absolute atomic E-state index is 16.2. The van der Waals surface area contributed by atoms with Crippen LogP contribution in [-0.2, 0) is 23.7 Å². The molecule has 0 radical (unpaired) electrons. The Kier molecular flexibility index (Phi) is 10.7. The van der Waals surface area contributed by atoms with Crippen LogP contribution in [-0.4, -0.2) is 98.5 Å². The molecule has 4 atom stereocenters. The number of pyridine rings is 1. The molecule has 7 heterocycles. The molecule has 1 saturated carbocycles. The average Bonchev–Trinajstić information content (AvgIpc) is 4.06. The number of ether oxygens (including phenoxy) is 1. The highest BCUT2D eigenvalue weighted by Gasteiger charge is 2.51. The number of carbonyl (C=O) groups is 2. The van der Waals surface area contributed by atoms with Gasteiger partial charge in [-0.15, -0.1) is 0 Å². The van der Waals surface area contributed by atoms with E-state index in [-0.39, 0.29) is 87.3 Å². The van der Waals surface area contributed by atoms with Crippen molar-refractivity contribution in [3.8, 4) is 5.75 Å². The number of carbonyl (C=O) groups excluding carboxylic acids is 2. The molecule has 2 amide bonds. The van der Waals surface area contributed by atoms with Crippen LogP contribution in [0.2, 0.25) is 5.02 Å². The van der Waals surface area contributed by atoms with Gasteiger partial charge in [0, 0.05) is 56.4 Å². The van der Waals surface area contributed by atoms with Crippen LogP contribution in [0.25, 0.3) is 21.8 Å². The lowest BCUT2D eigenvalue weighted by Crippen LogP contribution is -2.47. The van der Waals surface area contributed by atoms with Gasteiger partial charge in [-0.2, -0.15) is 10.1 Å². The van der Waals surface area contributed by atoms with Gasteiger partial charge in [-0.25, -0.2) is 26.9 Å². The van der Waals surface area contributed by atoms with Crippen molar-refractivity contribution in [3.63, 3.8) is 0 Å². The molecule has 10 rings (SSSR count). The maximum Gasteiger partial charge on any atom is 0.301 e. The first kappa shape index (κ1) is 42.4. The lowest BCUT2D eigenvalue weighted by Gasteiger charge is -2.39. The number of aryl methyl sites for hydroxylation is 2. The standard InChI is InChI=1S/C44H46ClF5N10O4/c1-57-32-16-29(46)31(15-27(32)36-38(42(57)63)64-20-44(49,50)39(54-36)22-3-4-22)52-40-28(45)17-51-43(55-40)60-14-11-23(30(47)19-60)18-59-12-9-21(10-13-59)24-5-6-25-35(56-58(2)37(25)34(24)48)26-7-8-33(61)53-41(26)62/h5-6,15-17,21-23,26,30,39,54H,3-4,7-14,18-20H2,1-2H3,(H,51,52,55)(H,53,61,62)/t23-,26?,30-,39+/m1/s1. The topological polar surface area (TPSA) is 152 Å². The van der Waals surface area contributed by atoms with Gasteiger partial charge in [0.15, 0.2) is 18.2 Å². The molecule has 3 aromatic heterocycles. The van der Waals surface area contributed by atoms with E-state index in [0.717, 1.165) is 10.6 Å². The van der Waals surface area contributed by atoms with Crippen LogP contribution in [0.5, 0.6) is 5.75 Å². The molecule has 5 aromatic rings. The molecule has 5 aliphatic rings. The van der Waals surface area contributed by atoms with Gasteiger partial charge >= 0.3 is 5.92 Å². The van der Waals surface area contributed by atoms with E-state index in [4.69, 9.17) is 16.3 Å². The van der Waals surface area contributed by atoms with Gasteiger partial charge in [0.2, 0.25) is 23.5 Å². The van der Waals surface area contributed by atoms with E-state index in [1.54, 1.807) is 18.0 Å². The summed E-state index contributed by atoms with van der Waals surface area (Å²) in [6.45, 7) is 1.36. The van der Waals surface area contributed by atoms with Crippen molar-refractivity contribution < 1.29 is 36.3 Å². The lowest BCUT2D eigenvalue weighted by molar-refractivity contribution is -0.134. The third kappa shape index (κ3) is 7.56. The molecule has 338 valence electrons. The summed E-state index contributed by atoms with van der Waals surface area (Å²) in [5, 5.41) is 13.6. The van der Waals surface area contributed by atoms with Crippen molar-refractivity contribution in [2.75, 3.05) is 54.9 Å². The van der Waals surface area contributed by atoms with E-state index in [2.05, 4.69) is 35.9 Å². The van der Waals surface area contributed by atoms with Crippen LogP contribution in [0.4, 0.5) is 45.1 Å². The van der Waals surface area contributed by atoms with Crippen LogP contribution in [0.15, 0.2) is 35.3 Å². The van der Waals surface area contributed by atoms with Crippen molar-refractivity contribution in [3.05, 3.63) is 68.7 Å². The molecule has 3 saturated heterocycles. The number of imide groups is 1. The molecule has 0 bridgehead atoms. The number of benzene rings is 2. The average molecular weight is 909 g/mol. The predicted molar refractivity (Wildman–Crippen MR) is 229 cm³/mol. The van der Waals surface area contributed by atoms with Crippen LogP contribution < -0.4 is 31.1 Å². The number of piperidine rings is 3. The number of halogens is 6. The number of amides is 2. The van der Waals surface area contributed by atoms with E-state index in [9.17, 15) is 14.4 Å². The van der Waals surface area contributed by atoms with Crippen molar-refractivity contribution >= 4 is 68.4 Å². The Hall–Kier alpha value is -5.56. The Bertz CT molecular complexity index is 2780. The second-order valence-corrected chi connectivity index (χ2v) is 18.3. The van der Waals surface area contributed by atoms with Gasteiger partial charge in [0.05, 0.1) is 47.3 Å². The molecule has 4 aliphatic heterocycles. The zero-order valence-electron chi connectivity index (χ0n) is 35.1. The highest BCUT2D eigenvalue weighted by atomic mass is 35.5. The summed E-state index contributed by atoms with van der Waals surface area (Å²) in [7, 11) is 3.07. The Morgan fingerprint density at radius 1 is 1.00 bits per heavy atom. The number of alkyl halides is 3. The summed E-state index contributed by atoms with van der Waals surface area (Å²) in [5.74, 6) is -6.40. The number of rotatable bonds is 8. The smallest absolute Gasteiger partial charge is 0.301 e. The fourth-order valence-electron chi connectivity index (χ4n) is 10.0. The highest BCUT2D eigenvalue weighted by Crippen LogP contribution is 2.46. The molecular formula is C44H46ClF5N10O4. The van der Waals surface area contributed by atoms with E-state index in [0.29, 0.717) is 86.9 Å². The number of aromatic nitrogens is 5. The quantitative estimate of drug-likeness (QED) is 0.113. The number of anilines is 4. The number of hydrogen-bond acceptors (Lipinski definition) is 11. The maximum atomic E-state index is 16.2. The van der Waals surface area contributed by atoms with E-state index < -0.39 is 47.9 Å². The predicted octanol–water partition coefficient (Wildman–Crippen LogP) is 6.67. The van der Waals surface area contributed by atoms with Gasteiger partial charge in [-0.3, -0.25) is 24.4 Å².